The third-order valence-electron chi connectivity index (χ3n) is 2.80. The van der Waals surface area contributed by atoms with E-state index < -0.39 is 0 Å². The molecular formula is C14H10N6O2. The predicted octanol–water partition coefficient (Wildman–Crippen LogP) is 1.44. The number of rotatable bonds is 4. The van der Waals surface area contributed by atoms with E-state index in [9.17, 15) is 4.79 Å². The average Bonchev–Trinajstić information content (AvgIpc) is 3.18. The van der Waals surface area contributed by atoms with Crippen LogP contribution in [0.2, 0.25) is 0 Å². The molecule has 0 unspecified atom stereocenters. The van der Waals surface area contributed by atoms with Crippen molar-refractivity contribution in [2.45, 2.75) is 6.54 Å². The zero-order chi connectivity index (χ0) is 15.4. The number of nitriles is 1. The summed E-state index contributed by atoms with van der Waals surface area (Å²) in [4.78, 5) is 13.1. The second-order valence-corrected chi connectivity index (χ2v) is 4.33. The number of amides is 1. The number of aromatic nitrogens is 4. The van der Waals surface area contributed by atoms with Crippen molar-refractivity contribution in [1.82, 2.24) is 20.2 Å². The molecule has 3 rings (SSSR count). The van der Waals surface area contributed by atoms with Gasteiger partial charge in [-0.05, 0) is 29.5 Å². The van der Waals surface area contributed by atoms with Crippen LogP contribution in [0.25, 0.3) is 11.6 Å². The molecule has 1 aromatic carbocycles. The Balaban J connectivity index is 1.69. The van der Waals surface area contributed by atoms with E-state index in [1.54, 1.807) is 36.4 Å². The monoisotopic (exact) mass is 294 g/mol. The summed E-state index contributed by atoms with van der Waals surface area (Å²) in [5, 5.41) is 23.3. The van der Waals surface area contributed by atoms with E-state index in [0.29, 0.717) is 22.8 Å². The van der Waals surface area contributed by atoms with E-state index in [1.165, 1.54) is 6.26 Å². The van der Waals surface area contributed by atoms with E-state index >= 15 is 0 Å². The molecule has 8 nitrogen and oxygen atoms in total. The van der Waals surface area contributed by atoms with Crippen molar-refractivity contribution in [3.8, 4) is 17.7 Å². The minimum Gasteiger partial charge on any atom is -0.461 e. The predicted molar refractivity (Wildman–Crippen MR) is 75.3 cm³/mol. The molecule has 0 radical (unpaired) electrons. The lowest BCUT2D eigenvalue weighted by molar-refractivity contribution is -0.117. The second-order valence-electron chi connectivity index (χ2n) is 4.33. The molecule has 2 heterocycles. The number of nitrogens with zero attached hydrogens (tertiary/aromatic N) is 5. The molecule has 1 amide bonds. The van der Waals surface area contributed by atoms with Crippen molar-refractivity contribution in [2.24, 2.45) is 0 Å². The van der Waals surface area contributed by atoms with Crippen LogP contribution >= 0.6 is 0 Å². The van der Waals surface area contributed by atoms with Crippen LogP contribution in [0.4, 0.5) is 5.69 Å². The third-order valence-corrected chi connectivity index (χ3v) is 2.80. The molecule has 0 fully saturated rings. The number of hydrogen-bond donors (Lipinski definition) is 1. The van der Waals surface area contributed by atoms with Crippen molar-refractivity contribution >= 4 is 11.6 Å². The lowest BCUT2D eigenvalue weighted by atomic mass is 10.2. The third kappa shape index (κ3) is 2.83. The topological polar surface area (TPSA) is 110 Å². The molecule has 108 valence electrons. The molecule has 0 bridgehead atoms. The molecule has 2 aromatic heterocycles. The Morgan fingerprint density at radius 2 is 2.18 bits per heavy atom. The molecule has 22 heavy (non-hydrogen) atoms. The molecule has 3 aromatic rings. The van der Waals surface area contributed by atoms with Gasteiger partial charge in [0, 0.05) is 0 Å². The van der Waals surface area contributed by atoms with Gasteiger partial charge in [0.05, 0.1) is 17.5 Å². The molecule has 0 aliphatic rings. The molecule has 0 saturated carbocycles. The molecule has 0 aliphatic carbocycles. The first kappa shape index (κ1) is 13.5. The van der Waals surface area contributed by atoms with E-state index in [1.807, 2.05) is 6.07 Å². The van der Waals surface area contributed by atoms with Gasteiger partial charge in [0.25, 0.3) is 0 Å². The van der Waals surface area contributed by atoms with Crippen LogP contribution in [0.1, 0.15) is 5.56 Å². The lowest BCUT2D eigenvalue weighted by Gasteiger charge is -2.05. The second kappa shape index (κ2) is 5.88. The lowest BCUT2D eigenvalue weighted by Crippen LogP contribution is -2.21. The molecule has 8 heteroatoms. The fourth-order valence-corrected chi connectivity index (χ4v) is 1.82. The molecule has 0 saturated heterocycles. The summed E-state index contributed by atoms with van der Waals surface area (Å²) in [6.45, 7) is -0.118. The van der Waals surface area contributed by atoms with Crippen molar-refractivity contribution in [3.63, 3.8) is 0 Å². The van der Waals surface area contributed by atoms with Crippen LogP contribution in [0.5, 0.6) is 0 Å². The highest BCUT2D eigenvalue weighted by Gasteiger charge is 2.12. The summed E-state index contributed by atoms with van der Waals surface area (Å²) in [5.41, 5.74) is 0.833. The largest absolute Gasteiger partial charge is 0.461 e. The maximum absolute atomic E-state index is 12.0. The van der Waals surface area contributed by atoms with Crippen LogP contribution in [0.3, 0.4) is 0 Å². The summed E-state index contributed by atoms with van der Waals surface area (Å²) < 4.78 is 5.15. The van der Waals surface area contributed by atoms with Gasteiger partial charge in [-0.1, -0.05) is 12.1 Å². The minimum absolute atomic E-state index is 0.118. The Bertz CT molecular complexity index is 831. The number of para-hydroxylation sites is 1. The zero-order valence-corrected chi connectivity index (χ0v) is 11.3. The number of benzene rings is 1. The maximum Gasteiger partial charge on any atom is 0.248 e. The Kier molecular flexibility index (Phi) is 3.61. The first-order valence-corrected chi connectivity index (χ1v) is 6.37. The Morgan fingerprint density at radius 3 is 2.95 bits per heavy atom. The first-order valence-electron chi connectivity index (χ1n) is 6.37. The van der Waals surface area contributed by atoms with E-state index in [4.69, 9.17) is 9.68 Å². The number of carbonyl (C=O) groups is 1. The number of tetrazole rings is 1. The highest BCUT2D eigenvalue weighted by Crippen LogP contribution is 2.14. The van der Waals surface area contributed by atoms with Gasteiger partial charge < -0.3 is 9.73 Å². The van der Waals surface area contributed by atoms with Crippen molar-refractivity contribution in [3.05, 3.63) is 48.2 Å². The number of hydrogen-bond acceptors (Lipinski definition) is 6. The summed E-state index contributed by atoms with van der Waals surface area (Å²) in [6.07, 6.45) is 1.50. The quantitative estimate of drug-likeness (QED) is 0.779. The van der Waals surface area contributed by atoms with Crippen LogP contribution in [0, 0.1) is 11.3 Å². The Morgan fingerprint density at radius 1 is 1.32 bits per heavy atom. The van der Waals surface area contributed by atoms with Crippen LogP contribution in [0.15, 0.2) is 47.1 Å². The van der Waals surface area contributed by atoms with Crippen molar-refractivity contribution in [2.75, 3.05) is 5.32 Å². The summed E-state index contributed by atoms with van der Waals surface area (Å²) >= 11 is 0. The van der Waals surface area contributed by atoms with Crippen LogP contribution in [-0.2, 0) is 11.3 Å². The van der Waals surface area contributed by atoms with Crippen LogP contribution < -0.4 is 5.32 Å². The zero-order valence-electron chi connectivity index (χ0n) is 11.3. The van der Waals surface area contributed by atoms with Gasteiger partial charge in [0.2, 0.25) is 11.7 Å². The van der Waals surface area contributed by atoms with E-state index in [0.717, 1.165) is 4.80 Å². The number of carbonyl (C=O) groups excluding carboxylic acids is 1. The Hall–Kier alpha value is -3.47. The average molecular weight is 294 g/mol. The SMILES string of the molecule is N#Cc1ccccc1NC(=O)Cn1nnc(-c2ccco2)n1. The van der Waals surface area contributed by atoms with Gasteiger partial charge in [0.1, 0.15) is 12.6 Å². The van der Waals surface area contributed by atoms with Gasteiger partial charge in [-0.3, -0.25) is 4.79 Å². The van der Waals surface area contributed by atoms with Crippen LogP contribution in [-0.4, -0.2) is 26.1 Å². The highest BCUT2D eigenvalue weighted by molar-refractivity contribution is 5.91. The molecule has 0 aliphatic heterocycles. The first-order chi connectivity index (χ1) is 10.8. The van der Waals surface area contributed by atoms with Gasteiger partial charge in [-0.15, -0.1) is 10.2 Å². The standard InChI is InChI=1S/C14H10N6O2/c15-8-10-4-1-2-5-11(10)16-13(21)9-20-18-14(17-19-20)12-6-3-7-22-12/h1-7H,9H2,(H,16,21). The van der Waals surface area contributed by atoms with Gasteiger partial charge in [-0.2, -0.15) is 10.1 Å². The number of anilines is 1. The summed E-state index contributed by atoms with van der Waals surface area (Å²) in [6, 6.07) is 12.2. The molecule has 0 spiro atoms. The highest BCUT2D eigenvalue weighted by atomic mass is 16.3. The maximum atomic E-state index is 12.0. The van der Waals surface area contributed by atoms with Gasteiger partial charge >= 0.3 is 0 Å². The minimum atomic E-state index is -0.355. The molecule has 0 atom stereocenters. The molecule has 1 N–H and O–H groups in total. The Labute approximate surface area is 125 Å². The van der Waals surface area contributed by atoms with Gasteiger partial charge in [0.15, 0.2) is 5.76 Å². The number of nitrogens with one attached hydrogen (secondary N) is 1. The fourth-order valence-electron chi connectivity index (χ4n) is 1.82. The van der Waals surface area contributed by atoms with Crippen molar-refractivity contribution in [1.29, 1.82) is 5.26 Å². The fraction of sp³-hybridized carbons (Fsp3) is 0.0714. The summed E-state index contributed by atoms with van der Waals surface area (Å²) in [7, 11) is 0. The van der Waals surface area contributed by atoms with Crippen molar-refractivity contribution < 1.29 is 9.21 Å². The van der Waals surface area contributed by atoms with E-state index in [2.05, 4.69) is 20.7 Å². The normalized spacial score (nSPS) is 10.1. The smallest absolute Gasteiger partial charge is 0.248 e. The van der Waals surface area contributed by atoms with Gasteiger partial charge in [-0.25, -0.2) is 0 Å². The summed E-state index contributed by atoms with van der Waals surface area (Å²) in [5.74, 6) is 0.419. The molecular weight excluding hydrogens is 284 g/mol. The number of furan rings is 1. The van der Waals surface area contributed by atoms with E-state index in [-0.39, 0.29) is 12.5 Å².